The fraction of sp³-hybridized carbons (Fsp3) is 0.486. The van der Waals surface area contributed by atoms with Crippen LogP contribution in [-0.4, -0.2) is 95.1 Å². The second-order valence-electron chi connectivity index (χ2n) is 15.0. The van der Waals surface area contributed by atoms with Crippen LogP contribution in [0.5, 0.6) is 0 Å². The summed E-state index contributed by atoms with van der Waals surface area (Å²) in [5.74, 6) is -4.80. The average molecular weight is 960 g/mol. The van der Waals surface area contributed by atoms with Gasteiger partial charge in [0.1, 0.15) is 23.7 Å². The molecule has 1 aromatic heterocycles. The lowest BCUT2D eigenvalue weighted by Gasteiger charge is -2.37. The zero-order valence-corrected chi connectivity index (χ0v) is 35.0. The molecule has 0 fully saturated rings. The number of rotatable bonds is 16. The highest BCUT2D eigenvalue weighted by atomic mass is 127. The molecule has 14 nitrogen and oxygen atoms in total. The van der Waals surface area contributed by atoms with Crippen molar-refractivity contribution in [3.8, 4) is 11.3 Å². The molecule has 0 spiro atoms. The summed E-state index contributed by atoms with van der Waals surface area (Å²) in [5, 5.41) is 22.9. The van der Waals surface area contributed by atoms with Crippen LogP contribution in [0.3, 0.4) is 0 Å². The number of hydrogen-bond acceptors (Lipinski definition) is 9. The molecule has 0 saturated heterocycles. The van der Waals surface area contributed by atoms with Crippen LogP contribution in [0.2, 0.25) is 0 Å². The number of carbonyl (C=O) groups excluding carboxylic acids is 4. The number of halogens is 8. The van der Waals surface area contributed by atoms with E-state index in [0.29, 0.717) is 19.4 Å². The number of aliphatic hydroxyl groups is 1. The summed E-state index contributed by atoms with van der Waals surface area (Å²) in [6.45, 7) is 1.42. The number of alkyl carbamates (subject to hydrolysis) is 2. The number of amides is 4. The zero-order chi connectivity index (χ0) is 44.6. The largest absolute Gasteiger partial charge is 0.453 e. The van der Waals surface area contributed by atoms with Gasteiger partial charge in [-0.1, -0.05) is 32.9 Å². The Labute approximate surface area is 348 Å². The van der Waals surface area contributed by atoms with Crippen molar-refractivity contribution >= 4 is 46.6 Å². The molecule has 0 saturated carbocycles. The van der Waals surface area contributed by atoms with Gasteiger partial charge in [-0.2, -0.15) is 27.1 Å². The molecule has 4 amide bonds. The minimum atomic E-state index is -5.05. The quantitative estimate of drug-likeness (QED) is 0.0672. The number of alkyl halides is 5. The summed E-state index contributed by atoms with van der Waals surface area (Å²) in [6.07, 6.45) is -8.62. The Morgan fingerprint density at radius 1 is 0.864 bits per heavy atom. The van der Waals surface area contributed by atoms with Crippen molar-refractivity contribution in [1.29, 1.82) is 0 Å². The Balaban J connectivity index is 2.10. The van der Waals surface area contributed by atoms with Crippen LogP contribution in [0.4, 0.5) is 40.3 Å². The molecule has 2 aromatic carbocycles. The van der Waals surface area contributed by atoms with Crippen LogP contribution in [0.15, 0.2) is 48.7 Å². The van der Waals surface area contributed by atoms with E-state index in [9.17, 15) is 46.2 Å². The van der Waals surface area contributed by atoms with Crippen LogP contribution in [-0.2, 0) is 32.0 Å². The van der Waals surface area contributed by atoms with Crippen LogP contribution in [0, 0.1) is 26.0 Å². The smallest absolute Gasteiger partial charge is 0.407 e. The highest BCUT2D eigenvalue weighted by Gasteiger charge is 2.56. The van der Waals surface area contributed by atoms with Gasteiger partial charge in [-0.3, -0.25) is 15.0 Å². The van der Waals surface area contributed by atoms with Crippen molar-refractivity contribution < 1.29 is 64.5 Å². The Morgan fingerprint density at radius 2 is 1.41 bits per heavy atom. The van der Waals surface area contributed by atoms with E-state index in [1.165, 1.54) is 0 Å². The van der Waals surface area contributed by atoms with Crippen molar-refractivity contribution in [3.63, 3.8) is 0 Å². The maximum absolute atomic E-state index is 15.8. The van der Waals surface area contributed by atoms with E-state index >= 15 is 8.78 Å². The average Bonchev–Trinajstić information content (AvgIpc) is 3.64. The number of methoxy groups -OCH3 is 2. The minimum absolute atomic E-state index is 0.194. The van der Waals surface area contributed by atoms with Crippen molar-refractivity contribution in [2.75, 3.05) is 20.8 Å². The van der Waals surface area contributed by atoms with Crippen molar-refractivity contribution in [2.45, 2.75) is 84.5 Å². The van der Waals surface area contributed by atoms with E-state index < -0.39 is 102 Å². The zero-order valence-electron chi connectivity index (χ0n) is 32.9. The molecule has 0 radical (unpaired) electrons. The van der Waals surface area contributed by atoms with Gasteiger partial charge in [0.2, 0.25) is 5.91 Å². The highest BCUT2D eigenvalue weighted by Crippen LogP contribution is 2.40. The normalized spacial score (nSPS) is 14.3. The van der Waals surface area contributed by atoms with Gasteiger partial charge in [0.25, 0.3) is 5.91 Å². The summed E-state index contributed by atoms with van der Waals surface area (Å²) in [4.78, 5) is 51.9. The lowest BCUT2D eigenvalue weighted by Crippen LogP contribution is -2.63. The molecular formula is C37H45F7IN7O7. The van der Waals surface area contributed by atoms with Crippen LogP contribution < -0.4 is 21.4 Å². The van der Waals surface area contributed by atoms with E-state index in [1.807, 2.05) is 27.9 Å². The fourth-order valence-corrected chi connectivity index (χ4v) is 5.97. The van der Waals surface area contributed by atoms with Gasteiger partial charge in [0.15, 0.2) is 0 Å². The molecule has 1 heterocycles. The first-order valence-corrected chi connectivity index (χ1v) is 18.7. The van der Waals surface area contributed by atoms with E-state index in [-0.39, 0.29) is 22.4 Å². The van der Waals surface area contributed by atoms with E-state index in [1.54, 1.807) is 45.0 Å². The molecule has 5 N–H and O–H groups in total. The number of aromatic nitrogens is 2. The topological polar surface area (TPSA) is 176 Å². The molecule has 59 heavy (non-hydrogen) atoms. The molecule has 0 aliphatic heterocycles. The van der Waals surface area contributed by atoms with Crippen LogP contribution in [0.1, 0.15) is 52.3 Å². The number of nitrogens with one attached hydrogen (secondary N) is 4. The summed E-state index contributed by atoms with van der Waals surface area (Å²) in [5.41, 5.74) is -2.13. The van der Waals surface area contributed by atoms with Gasteiger partial charge >= 0.3 is 24.9 Å². The molecule has 0 aliphatic carbocycles. The SMILES string of the molecule is COC(=O)N[C@H](C(=O)NN(Cc1c(F)cc(-c2ccn(C(F)F)n2)cc1F)C[C@H](O)[C@H](Cc1ccc(I)cc1)NC(=O)[C@@H](NC(=O)OC)C(C)(C)C(F)(F)F)C(C)(C)C. The number of benzene rings is 2. The number of carbonyl (C=O) groups is 4. The van der Waals surface area contributed by atoms with Gasteiger partial charge in [-0.15, -0.1) is 0 Å². The third-order valence-electron chi connectivity index (χ3n) is 9.17. The minimum Gasteiger partial charge on any atom is -0.453 e. The summed E-state index contributed by atoms with van der Waals surface area (Å²) < 4.78 is 111. The van der Waals surface area contributed by atoms with Crippen molar-refractivity contribution in [3.05, 3.63) is 75.0 Å². The first-order chi connectivity index (χ1) is 27.3. The molecule has 326 valence electrons. The standard InChI is InChI=1S/C37H45F7IN7O7/c1-35(2,3)28(47-33(56)58-6)31(55)50-51(17-22-23(38)15-20(16-24(22)39)25-12-13-52(49-25)32(40)41)18-27(53)26(14-19-8-10-21(45)11-9-19)46-30(54)29(48-34(57)59-7)36(4,5)37(42,43)44/h8-13,15-16,26-29,32,53H,14,17-18H2,1-7H3,(H,46,54)(H,47,56)(H,48,57)(H,50,55)/t26-,27-,28+,29+/m0/s1. The highest BCUT2D eigenvalue weighted by molar-refractivity contribution is 14.1. The third-order valence-corrected chi connectivity index (χ3v) is 9.89. The Kier molecular flexibility index (Phi) is 16.5. The first-order valence-electron chi connectivity index (χ1n) is 17.6. The Bertz CT molecular complexity index is 1920. The van der Waals surface area contributed by atoms with Crippen molar-refractivity contribution in [2.24, 2.45) is 10.8 Å². The van der Waals surface area contributed by atoms with Crippen LogP contribution in [0.25, 0.3) is 11.3 Å². The second-order valence-corrected chi connectivity index (χ2v) is 16.2. The maximum atomic E-state index is 15.8. The second kappa shape index (κ2) is 20.0. The monoisotopic (exact) mass is 959 g/mol. The molecule has 3 rings (SSSR count). The molecule has 0 aliphatic rings. The Morgan fingerprint density at radius 3 is 1.88 bits per heavy atom. The van der Waals surface area contributed by atoms with E-state index in [2.05, 4.69) is 30.6 Å². The number of hydrogen-bond donors (Lipinski definition) is 5. The summed E-state index contributed by atoms with van der Waals surface area (Å²) in [6, 6.07) is 4.12. The number of nitrogens with zero attached hydrogens (tertiary/aromatic N) is 3. The van der Waals surface area contributed by atoms with E-state index in [0.717, 1.165) is 47.2 Å². The Hall–Kier alpha value is -4.71. The third kappa shape index (κ3) is 13.1. The molecule has 0 bridgehead atoms. The summed E-state index contributed by atoms with van der Waals surface area (Å²) in [7, 11) is 1.92. The van der Waals surface area contributed by atoms with Gasteiger partial charge in [-0.05, 0) is 84.2 Å². The van der Waals surface area contributed by atoms with Crippen molar-refractivity contribution in [1.82, 2.24) is 36.2 Å². The molecule has 22 heteroatoms. The lowest BCUT2D eigenvalue weighted by molar-refractivity contribution is -0.220. The predicted octanol–water partition coefficient (Wildman–Crippen LogP) is 5.83. The van der Waals surface area contributed by atoms with Gasteiger partial charge in [0.05, 0.1) is 37.5 Å². The number of aliphatic hydroxyl groups excluding tert-OH is 1. The molecular weight excluding hydrogens is 914 g/mol. The van der Waals surface area contributed by atoms with Gasteiger partial charge < -0.3 is 30.5 Å². The van der Waals surface area contributed by atoms with E-state index in [4.69, 9.17) is 0 Å². The lowest BCUT2D eigenvalue weighted by atomic mass is 9.82. The van der Waals surface area contributed by atoms with Gasteiger partial charge in [-0.25, -0.2) is 28.1 Å². The maximum Gasteiger partial charge on any atom is 0.407 e. The number of hydrazine groups is 1. The molecule has 0 unspecified atom stereocenters. The molecule has 4 atom stereocenters. The summed E-state index contributed by atoms with van der Waals surface area (Å²) >= 11 is 2.02. The van der Waals surface area contributed by atoms with Crippen LogP contribution >= 0.6 is 22.6 Å². The fourth-order valence-electron chi connectivity index (χ4n) is 5.61. The first kappa shape index (κ1) is 48.7. The predicted molar refractivity (Wildman–Crippen MR) is 206 cm³/mol. The molecule has 3 aromatic rings. The van der Waals surface area contributed by atoms with Gasteiger partial charge in [0, 0.05) is 34.0 Å². The number of ether oxygens (including phenoxy) is 2.